The van der Waals surface area contributed by atoms with Gasteiger partial charge in [0.2, 0.25) is 0 Å². The molecule has 1 aliphatic rings. The lowest BCUT2D eigenvalue weighted by Gasteiger charge is -2.17. The number of amides is 1. The number of methoxy groups -OCH3 is 1. The third-order valence-electron chi connectivity index (χ3n) is 3.32. The first-order valence-corrected chi connectivity index (χ1v) is 8.33. The fraction of sp³-hybridized carbons (Fsp3) is 0.429. The highest BCUT2D eigenvalue weighted by Crippen LogP contribution is 2.27. The third kappa shape index (κ3) is 3.30. The Hall–Kier alpha value is -1.31. The Morgan fingerprint density at radius 1 is 1.52 bits per heavy atom. The second kappa shape index (κ2) is 7.11. The topological polar surface area (TPSA) is 61.8 Å². The van der Waals surface area contributed by atoms with E-state index in [0.29, 0.717) is 22.1 Å². The van der Waals surface area contributed by atoms with Gasteiger partial charge in [-0.25, -0.2) is 0 Å². The molecule has 0 aliphatic carbocycles. The number of nitrogens with one attached hydrogen (secondary N) is 1. The Morgan fingerprint density at radius 3 is 2.90 bits per heavy atom. The summed E-state index contributed by atoms with van der Waals surface area (Å²) >= 11 is 6.96. The molecule has 0 aromatic heterocycles. The van der Waals surface area contributed by atoms with Gasteiger partial charge in [-0.05, 0) is 48.8 Å². The van der Waals surface area contributed by atoms with Crippen LogP contribution in [0.15, 0.2) is 18.2 Å². The SMILES string of the molecule is COc1ccc(N2C(=O)[C@H](CCSC)NC2=S)cc1CO. The van der Waals surface area contributed by atoms with Crippen molar-refractivity contribution in [3.8, 4) is 5.75 Å². The average molecular weight is 326 g/mol. The van der Waals surface area contributed by atoms with Gasteiger partial charge in [0.1, 0.15) is 11.8 Å². The lowest BCUT2D eigenvalue weighted by Crippen LogP contribution is -2.31. The smallest absolute Gasteiger partial charge is 0.255 e. The predicted octanol–water partition coefficient (Wildman–Crippen LogP) is 1.53. The molecule has 0 bridgehead atoms. The standard InChI is InChI=1S/C14H18N2O3S2/c1-19-12-4-3-10(7-9(12)8-17)16-13(18)11(5-6-21-2)15-14(16)20/h3-4,7,11,17H,5-6,8H2,1-2H3,(H,15,20)/t11-/m0/s1. The van der Waals surface area contributed by atoms with Crippen molar-refractivity contribution in [1.82, 2.24) is 5.32 Å². The van der Waals surface area contributed by atoms with Crippen LogP contribution in [0.4, 0.5) is 5.69 Å². The number of hydrogen-bond acceptors (Lipinski definition) is 5. The molecule has 1 heterocycles. The molecular weight excluding hydrogens is 308 g/mol. The van der Waals surface area contributed by atoms with Gasteiger partial charge in [0, 0.05) is 5.56 Å². The maximum Gasteiger partial charge on any atom is 0.255 e. The molecule has 2 N–H and O–H groups in total. The summed E-state index contributed by atoms with van der Waals surface area (Å²) in [5.41, 5.74) is 1.27. The highest BCUT2D eigenvalue weighted by Gasteiger charge is 2.36. The van der Waals surface area contributed by atoms with E-state index in [0.717, 1.165) is 12.2 Å². The zero-order chi connectivity index (χ0) is 15.4. The Kier molecular flexibility index (Phi) is 5.44. The van der Waals surface area contributed by atoms with Crippen LogP contribution >= 0.6 is 24.0 Å². The molecule has 1 fully saturated rings. The van der Waals surface area contributed by atoms with Crippen molar-refractivity contribution in [1.29, 1.82) is 0 Å². The molecule has 1 atom stereocenters. The zero-order valence-corrected chi connectivity index (χ0v) is 13.6. The van der Waals surface area contributed by atoms with Gasteiger partial charge in [-0.15, -0.1) is 0 Å². The Bertz CT molecular complexity index is 551. The van der Waals surface area contributed by atoms with Gasteiger partial charge in [0.15, 0.2) is 5.11 Å². The minimum atomic E-state index is -0.273. The fourth-order valence-corrected chi connectivity index (χ4v) is 3.04. The Balaban J connectivity index is 2.25. The number of carbonyl (C=O) groups is 1. The Labute approximate surface area is 133 Å². The monoisotopic (exact) mass is 326 g/mol. The van der Waals surface area contributed by atoms with Crippen LogP contribution in [0.2, 0.25) is 0 Å². The van der Waals surface area contributed by atoms with E-state index in [-0.39, 0.29) is 18.6 Å². The lowest BCUT2D eigenvalue weighted by molar-refractivity contribution is -0.118. The van der Waals surface area contributed by atoms with Crippen LogP contribution < -0.4 is 15.0 Å². The first-order chi connectivity index (χ1) is 10.1. The van der Waals surface area contributed by atoms with Crippen LogP contribution in [0.5, 0.6) is 5.75 Å². The molecule has 1 aromatic carbocycles. The van der Waals surface area contributed by atoms with Gasteiger partial charge in [0.25, 0.3) is 5.91 Å². The van der Waals surface area contributed by atoms with Crippen molar-refractivity contribution in [3.63, 3.8) is 0 Å². The molecule has 1 saturated heterocycles. The van der Waals surface area contributed by atoms with Crippen LogP contribution in [0.3, 0.4) is 0 Å². The van der Waals surface area contributed by atoms with E-state index < -0.39 is 0 Å². The van der Waals surface area contributed by atoms with E-state index in [2.05, 4.69) is 5.32 Å². The highest BCUT2D eigenvalue weighted by atomic mass is 32.2. The summed E-state index contributed by atoms with van der Waals surface area (Å²) in [7, 11) is 1.54. The number of anilines is 1. The van der Waals surface area contributed by atoms with Crippen molar-refractivity contribution in [2.24, 2.45) is 0 Å². The number of hydrogen-bond donors (Lipinski definition) is 2. The summed E-state index contributed by atoms with van der Waals surface area (Å²) in [5, 5.41) is 12.8. The number of rotatable bonds is 6. The summed E-state index contributed by atoms with van der Waals surface area (Å²) < 4.78 is 5.17. The van der Waals surface area contributed by atoms with E-state index in [1.54, 1.807) is 37.1 Å². The van der Waals surface area contributed by atoms with Gasteiger partial charge >= 0.3 is 0 Å². The first kappa shape index (κ1) is 16.1. The van der Waals surface area contributed by atoms with Crippen molar-refractivity contribution in [2.45, 2.75) is 19.1 Å². The first-order valence-electron chi connectivity index (χ1n) is 6.53. The molecule has 0 saturated carbocycles. The highest BCUT2D eigenvalue weighted by molar-refractivity contribution is 7.98. The summed E-state index contributed by atoms with van der Waals surface area (Å²) in [6.45, 7) is -0.158. The number of nitrogens with zero attached hydrogens (tertiary/aromatic N) is 1. The molecule has 2 rings (SSSR count). The van der Waals surface area contributed by atoms with Crippen LogP contribution in [0, 0.1) is 0 Å². The van der Waals surface area contributed by atoms with Gasteiger partial charge < -0.3 is 15.2 Å². The number of aliphatic hydroxyl groups is 1. The number of thiocarbonyl (C=S) groups is 1. The van der Waals surface area contributed by atoms with Crippen molar-refractivity contribution in [2.75, 3.05) is 24.0 Å². The van der Waals surface area contributed by atoms with Gasteiger partial charge in [-0.2, -0.15) is 11.8 Å². The molecule has 0 radical (unpaired) electrons. The Morgan fingerprint density at radius 2 is 2.29 bits per heavy atom. The summed E-state index contributed by atoms with van der Waals surface area (Å²) in [6.07, 6.45) is 2.74. The van der Waals surface area contributed by atoms with E-state index in [1.807, 2.05) is 6.26 Å². The van der Waals surface area contributed by atoms with Gasteiger partial charge in [-0.1, -0.05) is 0 Å². The molecule has 7 heteroatoms. The van der Waals surface area contributed by atoms with Crippen molar-refractivity contribution in [3.05, 3.63) is 23.8 Å². The molecule has 0 unspecified atom stereocenters. The van der Waals surface area contributed by atoms with E-state index in [9.17, 15) is 9.90 Å². The number of benzene rings is 1. The fourth-order valence-electron chi connectivity index (χ4n) is 2.23. The summed E-state index contributed by atoms with van der Waals surface area (Å²) in [4.78, 5) is 13.9. The second-order valence-electron chi connectivity index (χ2n) is 4.61. The number of ether oxygens (including phenoxy) is 1. The van der Waals surface area contributed by atoms with E-state index >= 15 is 0 Å². The third-order valence-corrected chi connectivity index (χ3v) is 4.27. The zero-order valence-electron chi connectivity index (χ0n) is 12.0. The number of carbonyl (C=O) groups excluding carboxylic acids is 1. The minimum absolute atomic E-state index is 0.0527. The molecule has 5 nitrogen and oxygen atoms in total. The second-order valence-corrected chi connectivity index (χ2v) is 5.98. The van der Waals surface area contributed by atoms with Crippen LogP contribution in [-0.2, 0) is 11.4 Å². The number of aliphatic hydroxyl groups excluding tert-OH is 1. The average Bonchev–Trinajstić information content (AvgIpc) is 2.78. The van der Waals surface area contributed by atoms with Gasteiger partial charge in [-0.3, -0.25) is 9.69 Å². The van der Waals surface area contributed by atoms with Crippen LogP contribution in [0.1, 0.15) is 12.0 Å². The molecule has 1 aromatic rings. The molecule has 1 aliphatic heterocycles. The molecule has 21 heavy (non-hydrogen) atoms. The lowest BCUT2D eigenvalue weighted by atomic mass is 10.1. The predicted molar refractivity (Wildman–Crippen MR) is 88.9 cm³/mol. The molecule has 114 valence electrons. The molecular formula is C14H18N2O3S2. The van der Waals surface area contributed by atoms with Crippen LogP contribution in [0.25, 0.3) is 0 Å². The summed E-state index contributed by atoms with van der Waals surface area (Å²) in [6, 6.07) is 4.94. The summed E-state index contributed by atoms with van der Waals surface area (Å²) in [5.74, 6) is 1.43. The van der Waals surface area contributed by atoms with E-state index in [4.69, 9.17) is 17.0 Å². The van der Waals surface area contributed by atoms with Crippen LogP contribution in [-0.4, -0.2) is 41.3 Å². The van der Waals surface area contributed by atoms with Crippen molar-refractivity contribution < 1.29 is 14.6 Å². The van der Waals surface area contributed by atoms with Crippen molar-refractivity contribution >= 4 is 40.7 Å². The quantitative estimate of drug-likeness (QED) is 0.773. The minimum Gasteiger partial charge on any atom is -0.496 e. The normalized spacial score (nSPS) is 18.0. The molecule has 0 spiro atoms. The molecule has 1 amide bonds. The number of thioether (sulfide) groups is 1. The maximum absolute atomic E-state index is 12.4. The van der Waals surface area contributed by atoms with Gasteiger partial charge in [0.05, 0.1) is 19.4 Å². The largest absolute Gasteiger partial charge is 0.496 e. The van der Waals surface area contributed by atoms with E-state index in [1.165, 1.54) is 4.90 Å². The maximum atomic E-state index is 12.4.